The third-order valence-electron chi connectivity index (χ3n) is 3.90. The van der Waals surface area contributed by atoms with Crippen LogP contribution in [-0.2, 0) is 0 Å². The molecule has 0 bridgehead atoms. The van der Waals surface area contributed by atoms with E-state index in [2.05, 4.69) is 20.4 Å². The van der Waals surface area contributed by atoms with Gasteiger partial charge in [0.05, 0.1) is 25.0 Å². The van der Waals surface area contributed by atoms with Gasteiger partial charge in [-0.2, -0.15) is 5.10 Å². The van der Waals surface area contributed by atoms with Gasteiger partial charge in [-0.25, -0.2) is 14.4 Å². The predicted octanol–water partition coefficient (Wildman–Crippen LogP) is 1.20. The molecule has 3 rings (SSSR count). The Morgan fingerprint density at radius 3 is 2.85 bits per heavy atom. The van der Waals surface area contributed by atoms with Crippen LogP contribution in [0.15, 0.2) is 43.0 Å². The number of halogens is 1. The van der Waals surface area contributed by atoms with Crippen LogP contribution in [0.4, 0.5) is 15.9 Å². The lowest BCUT2D eigenvalue weighted by Gasteiger charge is -2.17. The molecule has 2 heterocycles. The number of methoxy groups -OCH3 is 1. The Hall–Kier alpha value is -3.53. The molecule has 0 saturated carbocycles. The first-order valence-corrected chi connectivity index (χ1v) is 7.99. The highest BCUT2D eigenvalue weighted by molar-refractivity contribution is 6.05. The smallest absolute Gasteiger partial charge is 0.278 e. The molecule has 1 amide bonds. The van der Waals surface area contributed by atoms with Crippen molar-refractivity contribution in [1.82, 2.24) is 19.7 Å². The van der Waals surface area contributed by atoms with Crippen LogP contribution < -0.4 is 21.5 Å². The summed E-state index contributed by atoms with van der Waals surface area (Å²) in [5.41, 5.74) is 12.7. The second-order valence-corrected chi connectivity index (χ2v) is 5.60. The zero-order valence-corrected chi connectivity index (χ0v) is 14.5. The van der Waals surface area contributed by atoms with Crippen molar-refractivity contribution in [3.8, 4) is 5.75 Å². The lowest BCUT2D eigenvalue weighted by Crippen LogP contribution is -2.21. The minimum Gasteiger partial charge on any atom is -0.494 e. The summed E-state index contributed by atoms with van der Waals surface area (Å²) < 4.78 is 20.2. The lowest BCUT2D eigenvalue weighted by atomic mass is 10.1. The molecule has 0 fully saturated rings. The van der Waals surface area contributed by atoms with Gasteiger partial charge < -0.3 is 21.5 Å². The molecule has 0 radical (unpaired) electrons. The minimum absolute atomic E-state index is 0.0175. The molecule has 27 heavy (non-hydrogen) atoms. The van der Waals surface area contributed by atoms with E-state index in [0.29, 0.717) is 5.69 Å². The summed E-state index contributed by atoms with van der Waals surface area (Å²) in [6.45, 7) is 0.209. The first-order valence-electron chi connectivity index (χ1n) is 7.99. The fourth-order valence-electron chi connectivity index (χ4n) is 2.57. The van der Waals surface area contributed by atoms with Crippen molar-refractivity contribution >= 4 is 17.4 Å². The Bertz CT molecular complexity index is 960. The number of nitrogens with one attached hydrogen (secondary N) is 1. The molecule has 0 saturated heterocycles. The van der Waals surface area contributed by atoms with Gasteiger partial charge in [0.1, 0.15) is 0 Å². The average molecular weight is 371 g/mol. The number of carbonyl (C=O) groups is 1. The number of nitrogens with two attached hydrogens (primary N) is 2. The molecular weight excluding hydrogens is 353 g/mol. The van der Waals surface area contributed by atoms with Crippen molar-refractivity contribution in [2.45, 2.75) is 6.04 Å². The third-order valence-corrected chi connectivity index (χ3v) is 3.90. The summed E-state index contributed by atoms with van der Waals surface area (Å²) in [7, 11) is 1.39. The molecule has 0 aliphatic carbocycles. The van der Waals surface area contributed by atoms with Gasteiger partial charge in [0.25, 0.3) is 5.91 Å². The number of aromatic nitrogens is 4. The number of nitrogens with zero attached hydrogens (tertiary/aromatic N) is 4. The van der Waals surface area contributed by atoms with E-state index in [9.17, 15) is 9.18 Å². The quantitative estimate of drug-likeness (QED) is 0.593. The highest BCUT2D eigenvalue weighted by Gasteiger charge is 2.18. The van der Waals surface area contributed by atoms with E-state index >= 15 is 0 Å². The Kier molecular flexibility index (Phi) is 5.27. The summed E-state index contributed by atoms with van der Waals surface area (Å²) in [6.07, 6.45) is 5.85. The summed E-state index contributed by atoms with van der Waals surface area (Å²) in [5, 5.41) is 6.88. The van der Waals surface area contributed by atoms with Crippen molar-refractivity contribution in [2.24, 2.45) is 5.73 Å². The fraction of sp³-hybridized carbons (Fsp3) is 0.176. The SMILES string of the molecule is COc1cc(C(CN)n2cc(NC(=O)c3nccnc3N)cn2)ccc1F. The first kappa shape index (κ1) is 18.3. The van der Waals surface area contributed by atoms with Gasteiger partial charge in [0.15, 0.2) is 23.1 Å². The molecule has 1 unspecified atom stereocenters. The zero-order chi connectivity index (χ0) is 19.4. The number of nitrogen functional groups attached to an aromatic ring is 1. The van der Waals surface area contributed by atoms with Crippen molar-refractivity contribution < 1.29 is 13.9 Å². The average Bonchev–Trinajstić information content (AvgIpc) is 3.12. The normalized spacial score (nSPS) is 11.8. The molecule has 10 heteroatoms. The summed E-state index contributed by atoms with van der Waals surface area (Å²) in [6, 6.07) is 4.11. The van der Waals surface area contributed by atoms with E-state index < -0.39 is 11.7 Å². The maximum Gasteiger partial charge on any atom is 0.278 e. The molecule has 5 N–H and O–H groups in total. The lowest BCUT2D eigenvalue weighted by molar-refractivity contribution is 0.102. The number of anilines is 2. The van der Waals surface area contributed by atoms with Gasteiger partial charge in [-0.05, 0) is 17.7 Å². The van der Waals surface area contributed by atoms with E-state index in [1.54, 1.807) is 23.0 Å². The number of benzene rings is 1. The maximum absolute atomic E-state index is 13.6. The van der Waals surface area contributed by atoms with Gasteiger partial charge in [-0.3, -0.25) is 9.48 Å². The number of hydrogen-bond acceptors (Lipinski definition) is 7. The molecule has 1 atom stereocenters. The molecular formula is C17H18FN7O2. The van der Waals surface area contributed by atoms with Crippen LogP contribution in [0, 0.1) is 5.82 Å². The molecule has 9 nitrogen and oxygen atoms in total. The molecule has 3 aromatic rings. The standard InChI is InChI=1S/C17H18FN7O2/c1-27-14-6-10(2-3-12(14)18)13(7-19)25-9-11(8-23-25)24-17(26)15-16(20)22-5-4-21-15/h2-6,8-9,13H,7,19H2,1H3,(H2,20,22)(H,24,26). The Balaban J connectivity index is 1.81. The molecule has 2 aromatic heterocycles. The van der Waals surface area contributed by atoms with Crippen molar-refractivity contribution in [2.75, 3.05) is 24.7 Å². The topological polar surface area (TPSA) is 134 Å². The van der Waals surface area contributed by atoms with E-state index in [-0.39, 0.29) is 29.8 Å². The molecule has 1 aromatic carbocycles. The fourth-order valence-corrected chi connectivity index (χ4v) is 2.57. The number of amides is 1. The molecule has 0 spiro atoms. The summed E-state index contributed by atoms with van der Waals surface area (Å²) in [4.78, 5) is 20.0. The Labute approximate surface area is 154 Å². The molecule has 140 valence electrons. The first-order chi connectivity index (χ1) is 13.0. The van der Waals surface area contributed by atoms with Crippen molar-refractivity contribution in [1.29, 1.82) is 0 Å². The van der Waals surface area contributed by atoms with Gasteiger partial charge in [0.2, 0.25) is 0 Å². The van der Waals surface area contributed by atoms with Gasteiger partial charge >= 0.3 is 0 Å². The highest BCUT2D eigenvalue weighted by atomic mass is 19.1. The zero-order valence-electron chi connectivity index (χ0n) is 14.5. The van der Waals surface area contributed by atoms with E-state index in [4.69, 9.17) is 16.2 Å². The van der Waals surface area contributed by atoms with Gasteiger partial charge in [-0.15, -0.1) is 0 Å². The number of carbonyl (C=O) groups excluding carboxylic acids is 1. The van der Waals surface area contributed by atoms with Crippen LogP contribution in [0.1, 0.15) is 22.1 Å². The second kappa shape index (κ2) is 7.79. The summed E-state index contributed by atoms with van der Waals surface area (Å²) in [5.74, 6) is -0.828. The van der Waals surface area contributed by atoms with Crippen molar-refractivity contribution in [3.63, 3.8) is 0 Å². The van der Waals surface area contributed by atoms with E-state index in [1.807, 2.05) is 0 Å². The minimum atomic E-state index is -0.507. The predicted molar refractivity (Wildman–Crippen MR) is 96.8 cm³/mol. The van der Waals surface area contributed by atoms with Gasteiger partial charge in [-0.1, -0.05) is 6.07 Å². The monoisotopic (exact) mass is 371 g/mol. The molecule has 0 aliphatic rings. The highest BCUT2D eigenvalue weighted by Crippen LogP contribution is 2.25. The second-order valence-electron chi connectivity index (χ2n) is 5.60. The van der Waals surface area contributed by atoms with E-state index in [1.165, 1.54) is 31.8 Å². The number of ether oxygens (including phenoxy) is 1. The van der Waals surface area contributed by atoms with Crippen LogP contribution in [0.5, 0.6) is 5.75 Å². The number of hydrogen-bond donors (Lipinski definition) is 3. The number of rotatable bonds is 6. The van der Waals surface area contributed by atoms with Crippen LogP contribution in [0.3, 0.4) is 0 Å². The third kappa shape index (κ3) is 3.85. The van der Waals surface area contributed by atoms with Crippen LogP contribution >= 0.6 is 0 Å². The summed E-state index contributed by atoms with van der Waals surface area (Å²) >= 11 is 0. The largest absolute Gasteiger partial charge is 0.494 e. The Morgan fingerprint density at radius 1 is 1.37 bits per heavy atom. The van der Waals surface area contributed by atoms with Crippen LogP contribution in [0.2, 0.25) is 0 Å². The molecule has 0 aliphatic heterocycles. The maximum atomic E-state index is 13.6. The van der Waals surface area contributed by atoms with Crippen molar-refractivity contribution in [3.05, 3.63) is 60.1 Å². The van der Waals surface area contributed by atoms with Gasteiger partial charge in [0, 0.05) is 25.1 Å². The van der Waals surface area contributed by atoms with E-state index in [0.717, 1.165) is 5.56 Å². The Morgan fingerprint density at radius 2 is 2.15 bits per heavy atom. The van der Waals surface area contributed by atoms with Crippen LogP contribution in [0.25, 0.3) is 0 Å². The van der Waals surface area contributed by atoms with Crippen LogP contribution in [-0.4, -0.2) is 39.3 Å².